The van der Waals surface area contributed by atoms with E-state index in [1.54, 1.807) is 7.11 Å². The van der Waals surface area contributed by atoms with Crippen LogP contribution in [0, 0.1) is 5.92 Å². The molecule has 0 radical (unpaired) electrons. The molecule has 0 spiro atoms. The van der Waals surface area contributed by atoms with E-state index in [2.05, 4.69) is 17.3 Å². The second-order valence-electron chi connectivity index (χ2n) is 6.00. The molecule has 0 aliphatic carbocycles. The van der Waals surface area contributed by atoms with Gasteiger partial charge in [-0.3, -0.25) is 4.79 Å². The lowest BCUT2D eigenvalue weighted by Crippen LogP contribution is -2.45. The number of ether oxygens (including phenoxy) is 2. The van der Waals surface area contributed by atoms with Gasteiger partial charge in [0.15, 0.2) is 0 Å². The van der Waals surface area contributed by atoms with E-state index in [1.165, 1.54) is 0 Å². The third kappa shape index (κ3) is 4.91. The zero-order valence-corrected chi connectivity index (χ0v) is 13.7. The molecule has 0 aromatic heterocycles. The molecule has 1 aliphatic heterocycles. The van der Waals surface area contributed by atoms with Crippen LogP contribution in [0.3, 0.4) is 0 Å². The van der Waals surface area contributed by atoms with Gasteiger partial charge in [0.05, 0.1) is 19.1 Å². The smallest absolute Gasteiger partial charge is 0.224 e. The molecule has 5 heteroatoms. The fourth-order valence-electron chi connectivity index (χ4n) is 2.68. The molecular formula is C17H26N2O3. The van der Waals surface area contributed by atoms with Crippen LogP contribution in [-0.4, -0.2) is 50.7 Å². The summed E-state index contributed by atoms with van der Waals surface area (Å²) < 4.78 is 10.8. The molecule has 1 fully saturated rings. The Morgan fingerprint density at radius 2 is 2.05 bits per heavy atom. The lowest BCUT2D eigenvalue weighted by Gasteiger charge is -2.29. The van der Waals surface area contributed by atoms with Crippen LogP contribution in [0.4, 0.5) is 0 Å². The lowest BCUT2D eigenvalue weighted by atomic mass is 9.97. The molecule has 122 valence electrons. The van der Waals surface area contributed by atoms with Crippen molar-refractivity contribution < 1.29 is 14.3 Å². The number of carbonyl (C=O) groups is 1. The summed E-state index contributed by atoms with van der Waals surface area (Å²) in [7, 11) is 3.70. The van der Waals surface area contributed by atoms with Gasteiger partial charge in [0.25, 0.3) is 0 Å². The molecule has 22 heavy (non-hydrogen) atoms. The van der Waals surface area contributed by atoms with Crippen molar-refractivity contribution in [1.82, 2.24) is 10.2 Å². The van der Waals surface area contributed by atoms with Gasteiger partial charge in [0.1, 0.15) is 18.1 Å². The average Bonchev–Trinajstić information content (AvgIpc) is 2.53. The fourth-order valence-corrected chi connectivity index (χ4v) is 2.68. The number of hydrogen-bond donors (Lipinski definition) is 1. The number of amides is 1. The SMILES string of the molecule is COc1ccc(OC[C@H](C)NC(=O)[C@H]2CCCN(C)C2)cc1. The van der Waals surface area contributed by atoms with E-state index < -0.39 is 0 Å². The van der Waals surface area contributed by atoms with Crippen LogP contribution in [0.2, 0.25) is 0 Å². The number of hydrogen-bond acceptors (Lipinski definition) is 4. The number of methoxy groups -OCH3 is 1. The van der Waals surface area contributed by atoms with Gasteiger partial charge in [-0.05, 0) is 57.6 Å². The van der Waals surface area contributed by atoms with Crippen LogP contribution in [0.15, 0.2) is 24.3 Å². The van der Waals surface area contributed by atoms with Crippen LogP contribution in [0.5, 0.6) is 11.5 Å². The van der Waals surface area contributed by atoms with E-state index in [4.69, 9.17) is 9.47 Å². The van der Waals surface area contributed by atoms with Crippen molar-refractivity contribution in [3.8, 4) is 11.5 Å². The number of carbonyl (C=O) groups excluding carboxylic acids is 1. The second-order valence-corrected chi connectivity index (χ2v) is 6.00. The summed E-state index contributed by atoms with van der Waals surface area (Å²) >= 11 is 0. The van der Waals surface area contributed by atoms with Crippen molar-refractivity contribution in [1.29, 1.82) is 0 Å². The quantitative estimate of drug-likeness (QED) is 0.872. The minimum atomic E-state index is -0.0122. The normalized spacial score (nSPS) is 20.2. The topological polar surface area (TPSA) is 50.8 Å². The zero-order chi connectivity index (χ0) is 15.9. The Morgan fingerprint density at radius 1 is 1.36 bits per heavy atom. The molecule has 1 aliphatic rings. The maximum atomic E-state index is 12.2. The average molecular weight is 306 g/mol. The summed E-state index contributed by atoms with van der Waals surface area (Å²) in [6.07, 6.45) is 2.06. The molecule has 0 bridgehead atoms. The lowest BCUT2D eigenvalue weighted by molar-refractivity contribution is -0.127. The zero-order valence-electron chi connectivity index (χ0n) is 13.7. The predicted octanol–water partition coefficient (Wildman–Crippen LogP) is 1.92. The summed E-state index contributed by atoms with van der Waals surface area (Å²) in [4.78, 5) is 14.5. The Labute approximate surface area is 132 Å². The number of piperidine rings is 1. The minimum absolute atomic E-state index is 0.0122. The van der Waals surface area contributed by atoms with E-state index in [-0.39, 0.29) is 17.9 Å². The molecule has 2 rings (SSSR count). The first-order valence-corrected chi connectivity index (χ1v) is 7.84. The summed E-state index contributed by atoms with van der Waals surface area (Å²) in [5.74, 6) is 1.81. The monoisotopic (exact) mass is 306 g/mol. The number of nitrogens with one attached hydrogen (secondary N) is 1. The van der Waals surface area contributed by atoms with Gasteiger partial charge in [-0.25, -0.2) is 0 Å². The van der Waals surface area contributed by atoms with Crippen LogP contribution < -0.4 is 14.8 Å². The molecule has 1 saturated heterocycles. The van der Waals surface area contributed by atoms with Crippen LogP contribution in [-0.2, 0) is 4.79 Å². The Kier molecular flexibility index (Phi) is 6.07. The van der Waals surface area contributed by atoms with Gasteiger partial charge >= 0.3 is 0 Å². The second kappa shape index (κ2) is 8.03. The van der Waals surface area contributed by atoms with E-state index >= 15 is 0 Å². The van der Waals surface area contributed by atoms with E-state index in [9.17, 15) is 4.79 Å². The fraction of sp³-hybridized carbons (Fsp3) is 0.588. The predicted molar refractivity (Wildman–Crippen MR) is 86.3 cm³/mol. The highest BCUT2D eigenvalue weighted by Gasteiger charge is 2.24. The van der Waals surface area contributed by atoms with Crippen molar-refractivity contribution in [2.45, 2.75) is 25.8 Å². The summed E-state index contributed by atoms with van der Waals surface area (Å²) in [6.45, 7) is 4.35. The van der Waals surface area contributed by atoms with Crippen molar-refractivity contribution in [2.24, 2.45) is 5.92 Å². The van der Waals surface area contributed by atoms with Gasteiger partial charge in [0.2, 0.25) is 5.91 Å². The third-order valence-electron chi connectivity index (χ3n) is 3.94. The number of benzene rings is 1. The maximum Gasteiger partial charge on any atom is 0.224 e. The highest BCUT2D eigenvalue weighted by atomic mass is 16.5. The molecule has 1 aromatic carbocycles. The molecule has 0 saturated carbocycles. The largest absolute Gasteiger partial charge is 0.497 e. The first kappa shape index (κ1) is 16.6. The number of rotatable bonds is 6. The van der Waals surface area contributed by atoms with Gasteiger partial charge in [-0.15, -0.1) is 0 Å². The molecule has 5 nitrogen and oxygen atoms in total. The molecule has 1 aromatic rings. The van der Waals surface area contributed by atoms with Crippen molar-refractivity contribution in [3.63, 3.8) is 0 Å². The van der Waals surface area contributed by atoms with Crippen LogP contribution in [0.1, 0.15) is 19.8 Å². The van der Waals surface area contributed by atoms with Gasteiger partial charge in [-0.2, -0.15) is 0 Å². The summed E-state index contributed by atoms with van der Waals surface area (Å²) in [6, 6.07) is 7.43. The van der Waals surface area contributed by atoms with Gasteiger partial charge in [0, 0.05) is 6.54 Å². The van der Waals surface area contributed by atoms with E-state index in [1.807, 2.05) is 31.2 Å². The summed E-state index contributed by atoms with van der Waals surface area (Å²) in [5.41, 5.74) is 0. The minimum Gasteiger partial charge on any atom is -0.497 e. The van der Waals surface area contributed by atoms with Crippen molar-refractivity contribution in [3.05, 3.63) is 24.3 Å². The van der Waals surface area contributed by atoms with Gasteiger partial charge < -0.3 is 19.7 Å². The first-order valence-electron chi connectivity index (χ1n) is 7.84. The van der Waals surface area contributed by atoms with Crippen molar-refractivity contribution in [2.75, 3.05) is 33.9 Å². The molecular weight excluding hydrogens is 280 g/mol. The molecule has 0 unspecified atom stereocenters. The third-order valence-corrected chi connectivity index (χ3v) is 3.94. The van der Waals surface area contributed by atoms with Crippen molar-refractivity contribution >= 4 is 5.91 Å². The highest BCUT2D eigenvalue weighted by molar-refractivity contribution is 5.79. The van der Waals surface area contributed by atoms with E-state index in [0.29, 0.717) is 6.61 Å². The van der Waals surface area contributed by atoms with Crippen LogP contribution >= 0.6 is 0 Å². The molecule has 1 amide bonds. The Balaban J connectivity index is 1.74. The Morgan fingerprint density at radius 3 is 2.68 bits per heavy atom. The Bertz CT molecular complexity index is 475. The highest BCUT2D eigenvalue weighted by Crippen LogP contribution is 2.17. The van der Waals surface area contributed by atoms with Crippen LogP contribution in [0.25, 0.3) is 0 Å². The molecule has 2 atom stereocenters. The number of likely N-dealkylation sites (tertiary alicyclic amines) is 1. The molecule has 1 N–H and O–H groups in total. The standard InChI is InChI=1S/C17H26N2O3/c1-13(12-22-16-8-6-15(21-3)7-9-16)18-17(20)14-5-4-10-19(2)11-14/h6-9,13-14H,4-5,10-12H2,1-3H3,(H,18,20)/t13-,14-/m0/s1. The number of nitrogens with zero attached hydrogens (tertiary/aromatic N) is 1. The van der Waals surface area contributed by atoms with E-state index in [0.717, 1.165) is 37.4 Å². The molecule has 1 heterocycles. The first-order chi connectivity index (χ1) is 10.6. The maximum absolute atomic E-state index is 12.2. The van der Waals surface area contributed by atoms with Gasteiger partial charge in [-0.1, -0.05) is 0 Å². The summed E-state index contributed by atoms with van der Waals surface area (Å²) in [5, 5.41) is 3.05. The Hall–Kier alpha value is -1.75.